The number of rotatable bonds is 6. The molecule has 3 rings (SSSR count). The number of nitriles is 1. The topological polar surface area (TPSA) is 101 Å². The number of benzene rings is 2. The number of nitrogens with one attached hydrogen (secondary N) is 3. The number of H-pyrrole nitrogens is 1. The highest BCUT2D eigenvalue weighted by Gasteiger charge is 2.27. The van der Waals surface area contributed by atoms with E-state index in [-0.39, 0.29) is 13.0 Å². The van der Waals surface area contributed by atoms with Gasteiger partial charge < -0.3 is 15.6 Å². The average molecular weight is 389 g/mol. The third kappa shape index (κ3) is 4.55. The van der Waals surface area contributed by atoms with Crippen LogP contribution in [-0.4, -0.2) is 34.4 Å². The third-order valence-electron chi connectivity index (χ3n) is 4.80. The summed E-state index contributed by atoms with van der Waals surface area (Å²) in [6.45, 7) is 3.84. The first kappa shape index (κ1) is 20.0. The lowest BCUT2D eigenvalue weighted by molar-refractivity contribution is -0.129. The Morgan fingerprint density at radius 2 is 1.90 bits per heavy atom. The second-order valence-electron chi connectivity index (χ2n) is 6.71. The van der Waals surface area contributed by atoms with Crippen molar-refractivity contribution in [1.82, 2.24) is 15.2 Å². The normalized spacial score (nSPS) is 11.5. The van der Waals surface area contributed by atoms with Crippen LogP contribution in [0.5, 0.6) is 0 Å². The van der Waals surface area contributed by atoms with Gasteiger partial charge >= 0.3 is 6.03 Å². The first-order valence-electron chi connectivity index (χ1n) is 9.42. The Morgan fingerprint density at radius 1 is 1.17 bits per heavy atom. The Bertz CT molecular complexity index is 1070. The predicted octanol–water partition coefficient (Wildman–Crippen LogP) is 3.54. The van der Waals surface area contributed by atoms with Gasteiger partial charge in [-0.05, 0) is 37.1 Å². The summed E-state index contributed by atoms with van der Waals surface area (Å²) < 4.78 is 0. The molecule has 0 radical (unpaired) electrons. The Morgan fingerprint density at radius 3 is 2.62 bits per heavy atom. The van der Waals surface area contributed by atoms with Gasteiger partial charge in [-0.15, -0.1) is 0 Å². The van der Waals surface area contributed by atoms with Crippen LogP contribution in [0.2, 0.25) is 0 Å². The van der Waals surface area contributed by atoms with E-state index in [1.165, 1.54) is 0 Å². The summed E-state index contributed by atoms with van der Waals surface area (Å²) in [6, 6.07) is 13.8. The predicted molar refractivity (Wildman–Crippen MR) is 112 cm³/mol. The van der Waals surface area contributed by atoms with Crippen molar-refractivity contribution in [3.05, 3.63) is 65.9 Å². The molecule has 3 aromatic rings. The molecule has 0 aliphatic heterocycles. The number of aromatic nitrogens is 1. The third-order valence-corrected chi connectivity index (χ3v) is 4.80. The van der Waals surface area contributed by atoms with E-state index in [1.807, 2.05) is 61.8 Å². The monoisotopic (exact) mass is 389 g/mol. The molecule has 1 heterocycles. The van der Waals surface area contributed by atoms with Gasteiger partial charge in [0.05, 0.1) is 0 Å². The molecule has 0 aliphatic carbocycles. The summed E-state index contributed by atoms with van der Waals surface area (Å²) in [5.74, 6) is -0.444. The van der Waals surface area contributed by atoms with Gasteiger partial charge in [-0.1, -0.05) is 36.4 Å². The molecule has 0 saturated carbocycles. The van der Waals surface area contributed by atoms with Gasteiger partial charge in [-0.2, -0.15) is 5.26 Å². The number of hydrogen-bond donors (Lipinski definition) is 3. The van der Waals surface area contributed by atoms with Crippen molar-refractivity contribution in [1.29, 1.82) is 5.26 Å². The summed E-state index contributed by atoms with van der Waals surface area (Å²) in [5, 5.41) is 15.8. The summed E-state index contributed by atoms with van der Waals surface area (Å²) in [4.78, 5) is 29.7. The SMILES string of the molecule is CCN(C#N)C(=O)C(Cc1c[nH]c2ccccc12)NC(=O)Nc1ccccc1C. The summed E-state index contributed by atoms with van der Waals surface area (Å²) in [7, 11) is 0. The molecular formula is C22H23N5O2. The molecule has 7 heteroatoms. The maximum atomic E-state index is 12.9. The lowest BCUT2D eigenvalue weighted by Crippen LogP contribution is -2.49. The number of likely N-dealkylation sites (N-methyl/N-ethyl adjacent to an activating group) is 1. The smallest absolute Gasteiger partial charge is 0.319 e. The standard InChI is InChI=1S/C22H23N5O2/c1-3-27(14-23)21(28)20(12-16-13-24-19-11-7-5-9-17(16)19)26-22(29)25-18-10-6-4-8-15(18)2/h4-11,13,20,24H,3,12H2,1-2H3,(H2,25,26,29). The quantitative estimate of drug-likeness (QED) is 0.444. The van der Waals surface area contributed by atoms with Crippen molar-refractivity contribution >= 4 is 28.5 Å². The zero-order chi connectivity index (χ0) is 20.8. The number of fused-ring (bicyclic) bond motifs is 1. The summed E-state index contributed by atoms with van der Waals surface area (Å²) in [6.07, 6.45) is 3.98. The zero-order valence-electron chi connectivity index (χ0n) is 16.4. The molecule has 29 heavy (non-hydrogen) atoms. The van der Waals surface area contributed by atoms with E-state index in [9.17, 15) is 14.9 Å². The van der Waals surface area contributed by atoms with Gasteiger partial charge in [0.25, 0.3) is 5.91 Å². The largest absolute Gasteiger partial charge is 0.361 e. The van der Waals surface area contributed by atoms with Crippen LogP contribution in [0.15, 0.2) is 54.7 Å². The average Bonchev–Trinajstić information content (AvgIpc) is 3.13. The van der Waals surface area contributed by atoms with Crippen molar-refractivity contribution in [2.24, 2.45) is 0 Å². The second-order valence-corrected chi connectivity index (χ2v) is 6.71. The van der Waals surface area contributed by atoms with E-state index in [0.29, 0.717) is 5.69 Å². The van der Waals surface area contributed by atoms with Gasteiger partial charge in [0.15, 0.2) is 6.19 Å². The van der Waals surface area contributed by atoms with Crippen LogP contribution < -0.4 is 10.6 Å². The van der Waals surface area contributed by atoms with Crippen molar-refractivity contribution in [3.63, 3.8) is 0 Å². The van der Waals surface area contributed by atoms with Crippen LogP contribution in [0.1, 0.15) is 18.1 Å². The number of nitrogens with zero attached hydrogens (tertiary/aromatic N) is 2. The van der Waals surface area contributed by atoms with Crippen LogP contribution in [0, 0.1) is 18.4 Å². The summed E-state index contributed by atoms with van der Waals surface area (Å²) in [5.41, 5.74) is 3.42. The lowest BCUT2D eigenvalue weighted by Gasteiger charge is -2.22. The molecule has 0 bridgehead atoms. The lowest BCUT2D eigenvalue weighted by atomic mass is 10.0. The van der Waals surface area contributed by atoms with Gasteiger partial charge in [-0.25, -0.2) is 9.69 Å². The Kier molecular flexibility index (Phi) is 6.15. The van der Waals surface area contributed by atoms with Crippen LogP contribution in [0.4, 0.5) is 10.5 Å². The highest BCUT2D eigenvalue weighted by atomic mass is 16.2. The number of para-hydroxylation sites is 2. The van der Waals surface area contributed by atoms with Gasteiger partial charge in [-0.3, -0.25) is 4.79 Å². The molecule has 7 nitrogen and oxygen atoms in total. The molecule has 0 saturated heterocycles. The maximum absolute atomic E-state index is 12.9. The first-order valence-corrected chi connectivity index (χ1v) is 9.42. The zero-order valence-corrected chi connectivity index (χ0v) is 16.4. The van der Waals surface area contributed by atoms with E-state index >= 15 is 0 Å². The van der Waals surface area contributed by atoms with Gasteiger partial charge in [0.2, 0.25) is 0 Å². The van der Waals surface area contributed by atoms with E-state index < -0.39 is 18.0 Å². The molecule has 0 fully saturated rings. The Hall–Kier alpha value is -3.79. The number of aromatic amines is 1. The molecule has 148 valence electrons. The number of carbonyl (C=O) groups is 2. The Labute approximate surface area is 169 Å². The highest BCUT2D eigenvalue weighted by molar-refractivity contribution is 5.95. The van der Waals surface area contributed by atoms with Crippen LogP contribution >= 0.6 is 0 Å². The number of hydrogen-bond acceptors (Lipinski definition) is 3. The molecule has 0 aliphatic rings. The number of urea groups is 1. The second kappa shape index (κ2) is 8.93. The Balaban J connectivity index is 1.83. The van der Waals surface area contributed by atoms with Crippen molar-refractivity contribution in [3.8, 4) is 6.19 Å². The van der Waals surface area contributed by atoms with Crippen LogP contribution in [0.25, 0.3) is 10.9 Å². The molecule has 3 N–H and O–H groups in total. The number of amides is 3. The molecule has 2 aromatic carbocycles. The summed E-state index contributed by atoms with van der Waals surface area (Å²) >= 11 is 0. The van der Waals surface area contributed by atoms with Gasteiger partial charge in [0.1, 0.15) is 6.04 Å². The molecule has 0 spiro atoms. The van der Waals surface area contributed by atoms with E-state index in [4.69, 9.17) is 0 Å². The molecule has 1 aromatic heterocycles. The van der Waals surface area contributed by atoms with Gasteiger partial charge in [0, 0.05) is 35.8 Å². The van der Waals surface area contributed by atoms with Crippen molar-refractivity contribution < 1.29 is 9.59 Å². The minimum absolute atomic E-state index is 0.237. The molecule has 3 amide bonds. The van der Waals surface area contributed by atoms with Crippen molar-refractivity contribution in [2.45, 2.75) is 26.3 Å². The van der Waals surface area contributed by atoms with E-state index in [2.05, 4.69) is 15.6 Å². The molecule has 1 atom stereocenters. The van der Waals surface area contributed by atoms with E-state index in [0.717, 1.165) is 26.9 Å². The maximum Gasteiger partial charge on any atom is 0.319 e. The van der Waals surface area contributed by atoms with E-state index in [1.54, 1.807) is 13.0 Å². The van der Waals surface area contributed by atoms with Crippen LogP contribution in [0.3, 0.4) is 0 Å². The minimum atomic E-state index is -0.877. The fourth-order valence-corrected chi connectivity index (χ4v) is 3.21. The fourth-order valence-electron chi connectivity index (χ4n) is 3.21. The highest BCUT2D eigenvalue weighted by Crippen LogP contribution is 2.20. The molecule has 1 unspecified atom stereocenters. The first-order chi connectivity index (χ1) is 14.0. The minimum Gasteiger partial charge on any atom is -0.361 e. The van der Waals surface area contributed by atoms with Crippen LogP contribution in [-0.2, 0) is 11.2 Å². The number of carbonyl (C=O) groups excluding carboxylic acids is 2. The number of aryl methyl sites for hydroxylation is 1. The molecular weight excluding hydrogens is 366 g/mol. The van der Waals surface area contributed by atoms with Crippen molar-refractivity contribution in [2.75, 3.05) is 11.9 Å². The number of anilines is 1. The fraction of sp³-hybridized carbons (Fsp3) is 0.227.